The normalized spacial score (nSPS) is 14.3. The van der Waals surface area contributed by atoms with Crippen LogP contribution < -0.4 is 10.6 Å². The van der Waals surface area contributed by atoms with Gasteiger partial charge in [0, 0.05) is 24.4 Å². The number of carbonyl (C=O) groups is 1. The Labute approximate surface area is 135 Å². The molecule has 0 aliphatic carbocycles. The molecule has 0 spiro atoms. The molecule has 0 fully saturated rings. The zero-order valence-corrected chi connectivity index (χ0v) is 14.0. The maximum absolute atomic E-state index is 11.8. The van der Waals surface area contributed by atoms with E-state index in [4.69, 9.17) is 4.52 Å². The molecule has 21 heavy (non-hydrogen) atoms. The SMILES string of the molecule is Cc1noc(C)c1CSCC(=O)NCC1=CCNCC1.Cl. The summed E-state index contributed by atoms with van der Waals surface area (Å²) in [4.78, 5) is 11.8. The van der Waals surface area contributed by atoms with Crippen molar-refractivity contribution in [3.63, 3.8) is 0 Å². The number of nitrogens with zero attached hydrogens (tertiary/aromatic N) is 1. The Bertz CT molecular complexity index is 483. The van der Waals surface area contributed by atoms with Gasteiger partial charge >= 0.3 is 0 Å². The molecule has 0 saturated carbocycles. The number of hydrogen-bond donors (Lipinski definition) is 2. The summed E-state index contributed by atoms with van der Waals surface area (Å²) >= 11 is 1.59. The van der Waals surface area contributed by atoms with Gasteiger partial charge < -0.3 is 15.2 Å². The van der Waals surface area contributed by atoms with E-state index in [1.165, 1.54) is 5.57 Å². The minimum Gasteiger partial charge on any atom is -0.361 e. The summed E-state index contributed by atoms with van der Waals surface area (Å²) in [6.07, 6.45) is 3.17. The molecule has 2 rings (SSSR count). The number of thioether (sulfide) groups is 1. The summed E-state index contributed by atoms with van der Waals surface area (Å²) in [6.45, 7) is 6.41. The van der Waals surface area contributed by atoms with Crippen molar-refractivity contribution in [3.05, 3.63) is 28.7 Å². The van der Waals surface area contributed by atoms with Gasteiger partial charge in [-0.2, -0.15) is 0 Å². The number of hydrogen-bond acceptors (Lipinski definition) is 5. The molecule has 1 aliphatic heterocycles. The first kappa shape index (κ1) is 18.1. The van der Waals surface area contributed by atoms with Crippen LogP contribution in [0.1, 0.15) is 23.4 Å². The average molecular weight is 332 g/mol. The molecule has 1 aliphatic rings. The van der Waals surface area contributed by atoms with Crippen molar-refractivity contribution in [3.8, 4) is 0 Å². The monoisotopic (exact) mass is 331 g/mol. The van der Waals surface area contributed by atoms with Gasteiger partial charge in [0.05, 0.1) is 11.4 Å². The van der Waals surface area contributed by atoms with Crippen LogP contribution in [0.2, 0.25) is 0 Å². The Hall–Kier alpha value is -0.980. The van der Waals surface area contributed by atoms with Crippen molar-refractivity contribution in [1.29, 1.82) is 0 Å². The number of nitrogens with one attached hydrogen (secondary N) is 2. The zero-order chi connectivity index (χ0) is 14.4. The summed E-state index contributed by atoms with van der Waals surface area (Å²) in [7, 11) is 0. The Kier molecular flexibility index (Phi) is 7.85. The first-order valence-corrected chi connectivity index (χ1v) is 7.97. The van der Waals surface area contributed by atoms with Crippen LogP contribution in [0.3, 0.4) is 0 Å². The van der Waals surface area contributed by atoms with Crippen LogP contribution >= 0.6 is 24.2 Å². The molecule has 118 valence electrons. The van der Waals surface area contributed by atoms with Gasteiger partial charge in [0.15, 0.2) is 0 Å². The number of rotatable bonds is 6. The van der Waals surface area contributed by atoms with Gasteiger partial charge in [0.1, 0.15) is 5.76 Å². The number of amides is 1. The highest BCUT2D eigenvalue weighted by Crippen LogP contribution is 2.19. The third-order valence-electron chi connectivity index (χ3n) is 3.33. The second-order valence-electron chi connectivity index (χ2n) is 4.89. The average Bonchev–Trinajstić information content (AvgIpc) is 2.78. The lowest BCUT2D eigenvalue weighted by atomic mass is 10.1. The van der Waals surface area contributed by atoms with Crippen molar-refractivity contribution in [2.75, 3.05) is 25.4 Å². The molecular weight excluding hydrogens is 310 g/mol. The summed E-state index contributed by atoms with van der Waals surface area (Å²) in [5, 5.41) is 10.1. The van der Waals surface area contributed by atoms with Gasteiger partial charge in [-0.1, -0.05) is 16.8 Å². The third-order valence-corrected chi connectivity index (χ3v) is 4.29. The minimum atomic E-state index is 0. The van der Waals surface area contributed by atoms with Crippen LogP contribution in [0.15, 0.2) is 16.2 Å². The van der Waals surface area contributed by atoms with Crippen LogP contribution in [0.4, 0.5) is 0 Å². The standard InChI is InChI=1S/C14H21N3O2S.ClH/c1-10-13(11(2)19-17-10)8-20-9-14(18)16-7-12-3-5-15-6-4-12;/h3,15H,4-9H2,1-2H3,(H,16,18);1H. The third kappa shape index (κ3) is 5.73. The zero-order valence-electron chi connectivity index (χ0n) is 12.4. The first-order chi connectivity index (χ1) is 9.66. The van der Waals surface area contributed by atoms with E-state index in [9.17, 15) is 4.79 Å². The fraction of sp³-hybridized carbons (Fsp3) is 0.571. The van der Waals surface area contributed by atoms with Crippen molar-refractivity contribution >= 4 is 30.1 Å². The Morgan fingerprint density at radius 3 is 2.95 bits per heavy atom. The van der Waals surface area contributed by atoms with E-state index >= 15 is 0 Å². The van der Waals surface area contributed by atoms with Gasteiger partial charge in [-0.05, 0) is 26.8 Å². The smallest absolute Gasteiger partial charge is 0.230 e. The lowest BCUT2D eigenvalue weighted by Gasteiger charge is -2.14. The molecule has 0 atom stereocenters. The predicted molar refractivity (Wildman–Crippen MR) is 88.0 cm³/mol. The molecule has 7 heteroatoms. The topological polar surface area (TPSA) is 67.2 Å². The van der Waals surface area contributed by atoms with Gasteiger partial charge in [-0.25, -0.2) is 0 Å². The van der Waals surface area contributed by atoms with Gasteiger partial charge in [-0.3, -0.25) is 4.79 Å². The maximum Gasteiger partial charge on any atom is 0.230 e. The van der Waals surface area contributed by atoms with Crippen molar-refractivity contribution in [2.24, 2.45) is 0 Å². The van der Waals surface area contributed by atoms with E-state index in [2.05, 4.69) is 21.9 Å². The number of aryl methyl sites for hydroxylation is 2. The molecule has 1 aromatic rings. The first-order valence-electron chi connectivity index (χ1n) is 6.81. The number of carbonyl (C=O) groups excluding carboxylic acids is 1. The lowest BCUT2D eigenvalue weighted by Crippen LogP contribution is -2.30. The second kappa shape index (κ2) is 9.12. The largest absolute Gasteiger partial charge is 0.361 e. The van der Waals surface area contributed by atoms with E-state index < -0.39 is 0 Å². The van der Waals surface area contributed by atoms with Crippen LogP contribution in [0, 0.1) is 13.8 Å². The van der Waals surface area contributed by atoms with E-state index in [1.807, 2.05) is 13.8 Å². The Morgan fingerprint density at radius 1 is 1.52 bits per heavy atom. The number of halogens is 1. The summed E-state index contributed by atoms with van der Waals surface area (Å²) in [5.41, 5.74) is 3.33. The maximum atomic E-state index is 11.8. The molecule has 5 nitrogen and oxygen atoms in total. The van der Waals surface area contributed by atoms with E-state index in [0.29, 0.717) is 12.3 Å². The summed E-state index contributed by atoms with van der Waals surface area (Å²) in [5.74, 6) is 2.16. The van der Waals surface area contributed by atoms with E-state index in [0.717, 1.165) is 42.3 Å². The lowest BCUT2D eigenvalue weighted by molar-refractivity contribution is -0.118. The Morgan fingerprint density at radius 2 is 2.33 bits per heavy atom. The van der Waals surface area contributed by atoms with Crippen molar-refractivity contribution in [2.45, 2.75) is 26.0 Å². The van der Waals surface area contributed by atoms with E-state index in [1.54, 1.807) is 11.8 Å². The van der Waals surface area contributed by atoms with Crippen LogP contribution in [-0.4, -0.2) is 36.5 Å². The molecule has 2 N–H and O–H groups in total. The summed E-state index contributed by atoms with van der Waals surface area (Å²) in [6, 6.07) is 0. The van der Waals surface area contributed by atoms with E-state index in [-0.39, 0.29) is 18.3 Å². The van der Waals surface area contributed by atoms with Gasteiger partial charge in [0.25, 0.3) is 0 Å². The quantitative estimate of drug-likeness (QED) is 0.780. The fourth-order valence-electron chi connectivity index (χ4n) is 2.05. The highest BCUT2D eigenvalue weighted by molar-refractivity contribution is 7.99. The molecule has 2 heterocycles. The van der Waals surface area contributed by atoms with Crippen molar-refractivity contribution < 1.29 is 9.32 Å². The highest BCUT2D eigenvalue weighted by atomic mass is 35.5. The summed E-state index contributed by atoms with van der Waals surface area (Å²) < 4.78 is 5.10. The fourth-order valence-corrected chi connectivity index (χ4v) is 3.05. The van der Waals surface area contributed by atoms with Crippen LogP contribution in [0.5, 0.6) is 0 Å². The molecule has 0 unspecified atom stereocenters. The Balaban J connectivity index is 0.00000220. The molecule has 0 radical (unpaired) electrons. The molecule has 0 aromatic carbocycles. The predicted octanol–water partition coefficient (Wildman–Crippen LogP) is 1.98. The molecule has 1 aromatic heterocycles. The number of aromatic nitrogens is 1. The van der Waals surface area contributed by atoms with Crippen molar-refractivity contribution in [1.82, 2.24) is 15.8 Å². The minimum absolute atomic E-state index is 0. The molecular formula is C14H22ClN3O2S. The highest BCUT2D eigenvalue weighted by Gasteiger charge is 2.10. The molecule has 0 saturated heterocycles. The molecule has 1 amide bonds. The van der Waals surface area contributed by atoms with Crippen LogP contribution in [-0.2, 0) is 10.5 Å². The van der Waals surface area contributed by atoms with Gasteiger partial charge in [0.2, 0.25) is 5.91 Å². The second-order valence-corrected chi connectivity index (χ2v) is 5.87. The molecule has 0 bridgehead atoms. The van der Waals surface area contributed by atoms with Crippen LogP contribution in [0.25, 0.3) is 0 Å². The van der Waals surface area contributed by atoms with Gasteiger partial charge in [-0.15, -0.1) is 24.2 Å².